The van der Waals surface area contributed by atoms with Gasteiger partial charge in [-0.15, -0.1) is 22.7 Å². The van der Waals surface area contributed by atoms with Crippen LogP contribution < -0.4 is 31.6 Å². The SMILES string of the molecule is CC.CNC1(C(=O)O)C(c2ccc(OC(=O)c3cccs3)cc2)C(NC(=O)c2ccc(N)cc2)(C(=O)O)C1c1ccc(OC(=O)c2cccs2)cc1.Nc1ccc(C=O)cc1. The highest BCUT2D eigenvalue weighted by atomic mass is 32.1. The lowest BCUT2D eigenvalue weighted by Gasteiger charge is -2.64. The van der Waals surface area contributed by atoms with Crippen LogP contribution in [-0.2, 0) is 9.59 Å². The first kappa shape index (κ1) is 45.0. The minimum absolute atomic E-state index is 0.0984. The second-order valence-corrected chi connectivity index (χ2v) is 15.1. The van der Waals surface area contributed by atoms with E-state index in [1.807, 2.05) is 13.8 Å². The second kappa shape index (κ2) is 19.7. The van der Waals surface area contributed by atoms with Crippen molar-refractivity contribution in [2.75, 3.05) is 18.5 Å². The van der Waals surface area contributed by atoms with Gasteiger partial charge < -0.3 is 41.8 Å². The Balaban J connectivity index is 0.000000562. The number of carbonyl (C=O) groups excluding carboxylic acids is 4. The number of nitrogens with one attached hydrogen (secondary N) is 2. The zero-order chi connectivity index (χ0) is 44.3. The number of rotatable bonds is 12. The lowest BCUT2D eigenvalue weighted by atomic mass is 9.43. The number of aldehydes is 1. The molecule has 0 bridgehead atoms. The van der Waals surface area contributed by atoms with Crippen LogP contribution in [0.4, 0.5) is 11.4 Å². The average molecular weight is 863 g/mol. The Bertz CT molecular complexity index is 2360. The Morgan fingerprint density at radius 1 is 0.623 bits per heavy atom. The molecule has 0 spiro atoms. The van der Waals surface area contributed by atoms with E-state index in [1.165, 1.54) is 103 Å². The average Bonchev–Trinajstić information content (AvgIpc) is 4.01. The van der Waals surface area contributed by atoms with E-state index in [1.54, 1.807) is 59.3 Å². The third kappa shape index (κ3) is 9.36. The van der Waals surface area contributed by atoms with Crippen molar-refractivity contribution in [1.29, 1.82) is 0 Å². The van der Waals surface area contributed by atoms with Gasteiger partial charge in [0.2, 0.25) is 0 Å². The number of aliphatic carboxylic acids is 2. The smallest absolute Gasteiger partial charge is 0.353 e. The minimum atomic E-state index is -2.25. The lowest BCUT2D eigenvalue weighted by molar-refractivity contribution is -0.171. The third-order valence-corrected chi connectivity index (χ3v) is 11.5. The van der Waals surface area contributed by atoms with E-state index in [0.717, 1.165) is 6.29 Å². The Morgan fingerprint density at radius 3 is 1.38 bits per heavy atom. The fraction of sp³-hybridized carbons (Fsp3) is 0.156. The normalized spacial score (nSPS) is 18.6. The molecule has 2 unspecified atom stereocenters. The van der Waals surface area contributed by atoms with E-state index in [0.29, 0.717) is 26.7 Å². The van der Waals surface area contributed by atoms with Gasteiger partial charge in [-0.05, 0) is 114 Å². The van der Waals surface area contributed by atoms with E-state index < -0.39 is 52.7 Å². The molecule has 1 aliphatic carbocycles. The maximum atomic E-state index is 13.8. The van der Waals surface area contributed by atoms with Crippen LogP contribution in [0.15, 0.2) is 132 Å². The van der Waals surface area contributed by atoms with Gasteiger partial charge in [0.1, 0.15) is 33.1 Å². The molecule has 1 saturated carbocycles. The van der Waals surface area contributed by atoms with Gasteiger partial charge in [0.15, 0.2) is 5.54 Å². The number of amides is 1. The topological polar surface area (TPSA) is 237 Å². The molecule has 16 heteroatoms. The van der Waals surface area contributed by atoms with Crippen molar-refractivity contribution >= 4 is 70.1 Å². The first-order chi connectivity index (χ1) is 29.3. The number of ether oxygens (including phenoxy) is 2. The fourth-order valence-electron chi connectivity index (χ4n) is 7.12. The number of esters is 2. The number of hydrogen-bond donors (Lipinski definition) is 6. The summed E-state index contributed by atoms with van der Waals surface area (Å²) in [6.07, 6.45) is 0.791. The van der Waals surface area contributed by atoms with Gasteiger partial charge in [0, 0.05) is 34.3 Å². The maximum absolute atomic E-state index is 13.8. The van der Waals surface area contributed by atoms with Crippen LogP contribution in [0, 0.1) is 0 Å². The largest absolute Gasteiger partial charge is 0.480 e. The van der Waals surface area contributed by atoms with Crippen molar-refractivity contribution in [2.24, 2.45) is 0 Å². The molecule has 2 atom stereocenters. The van der Waals surface area contributed by atoms with E-state index >= 15 is 0 Å². The summed E-state index contributed by atoms with van der Waals surface area (Å²) in [5.41, 5.74) is 9.22. The second-order valence-electron chi connectivity index (χ2n) is 13.2. The first-order valence-electron chi connectivity index (χ1n) is 18.7. The van der Waals surface area contributed by atoms with Crippen LogP contribution in [0.25, 0.3) is 0 Å². The number of benzene rings is 4. The first-order valence-corrected chi connectivity index (χ1v) is 20.5. The van der Waals surface area contributed by atoms with E-state index in [4.69, 9.17) is 20.9 Å². The summed E-state index contributed by atoms with van der Waals surface area (Å²) in [5.74, 6) is -7.35. The van der Waals surface area contributed by atoms with E-state index in [9.17, 15) is 39.0 Å². The Kier molecular flexibility index (Phi) is 14.5. The van der Waals surface area contributed by atoms with Gasteiger partial charge in [0.25, 0.3) is 5.91 Å². The molecule has 1 fully saturated rings. The predicted molar refractivity (Wildman–Crippen MR) is 233 cm³/mol. The quantitative estimate of drug-likeness (QED) is 0.0312. The highest BCUT2D eigenvalue weighted by Gasteiger charge is 2.79. The van der Waals surface area contributed by atoms with E-state index in [2.05, 4.69) is 10.6 Å². The number of carboxylic acids is 2. The molecule has 8 N–H and O–H groups in total. The Morgan fingerprint density at radius 2 is 1.03 bits per heavy atom. The molecule has 2 aromatic heterocycles. The predicted octanol–water partition coefficient (Wildman–Crippen LogP) is 7.11. The molecule has 14 nitrogen and oxygen atoms in total. The lowest BCUT2D eigenvalue weighted by Crippen LogP contribution is -2.85. The molecular formula is C45H42N4O10S2. The summed E-state index contributed by atoms with van der Waals surface area (Å²) in [5, 5.41) is 31.0. The highest BCUT2D eigenvalue weighted by molar-refractivity contribution is 7.12. The summed E-state index contributed by atoms with van der Waals surface area (Å²) < 4.78 is 10.9. The zero-order valence-electron chi connectivity index (χ0n) is 33.1. The summed E-state index contributed by atoms with van der Waals surface area (Å²) in [6.45, 7) is 4.00. The molecule has 314 valence electrons. The van der Waals surface area contributed by atoms with E-state index in [-0.39, 0.29) is 28.2 Å². The summed E-state index contributed by atoms with van der Waals surface area (Å²) >= 11 is 2.40. The van der Waals surface area contributed by atoms with Crippen molar-refractivity contribution in [2.45, 2.75) is 36.8 Å². The Hall–Kier alpha value is -7.14. The molecule has 1 amide bonds. The standard InChI is InChI=1S/C36H29N3O9S2.C7H7NO.C2H6/c1-38-35(33(43)44)28(20-8-14-24(15-9-20)47-31(41)26-4-2-18-49-26)36(34(45)46,39-30(40)22-6-12-23(37)13-7-22)29(35)21-10-16-25(17-11-21)48-32(42)27-5-3-19-50-27;8-7-3-1-6(5-9)2-4-7;1-2/h2-19,28-29,38H,37H2,1H3,(H,39,40)(H,43,44)(H,45,46);1-5H,8H2;1-2H3. The van der Waals surface area contributed by atoms with Crippen LogP contribution in [0.3, 0.4) is 0 Å². The number of thiophene rings is 2. The molecule has 4 aromatic carbocycles. The number of likely N-dealkylation sites (N-methyl/N-ethyl adjacent to an activating group) is 1. The van der Waals surface area contributed by atoms with Crippen LogP contribution >= 0.6 is 22.7 Å². The number of carbonyl (C=O) groups is 6. The molecule has 1 aliphatic rings. The zero-order valence-corrected chi connectivity index (χ0v) is 34.7. The number of carboxylic acid groups (broad SMARTS) is 2. The molecular weight excluding hydrogens is 821 g/mol. The highest BCUT2D eigenvalue weighted by Crippen LogP contribution is 2.63. The van der Waals surface area contributed by atoms with Crippen molar-refractivity contribution in [1.82, 2.24) is 10.6 Å². The summed E-state index contributed by atoms with van der Waals surface area (Å²) in [4.78, 5) is 76.7. The van der Waals surface area contributed by atoms with Gasteiger partial charge in [-0.2, -0.15) is 0 Å². The van der Waals surface area contributed by atoms with Crippen molar-refractivity contribution in [3.8, 4) is 11.5 Å². The summed E-state index contributed by atoms with van der Waals surface area (Å²) in [6, 6.07) is 30.8. The van der Waals surface area contributed by atoms with Crippen molar-refractivity contribution in [3.05, 3.63) is 164 Å². The molecule has 0 aliphatic heterocycles. The van der Waals surface area contributed by atoms with Crippen LogP contribution in [0.1, 0.15) is 76.9 Å². The monoisotopic (exact) mass is 862 g/mol. The van der Waals surface area contributed by atoms with Crippen molar-refractivity contribution in [3.63, 3.8) is 0 Å². The van der Waals surface area contributed by atoms with Gasteiger partial charge >= 0.3 is 23.9 Å². The molecule has 6 aromatic rings. The molecule has 2 heterocycles. The van der Waals surface area contributed by atoms with Gasteiger partial charge in [0.05, 0.1) is 0 Å². The van der Waals surface area contributed by atoms with Crippen molar-refractivity contribution < 1.29 is 48.5 Å². The number of nitrogen functional groups attached to an aromatic ring is 2. The molecule has 61 heavy (non-hydrogen) atoms. The number of nitrogens with two attached hydrogens (primary N) is 2. The van der Waals surface area contributed by atoms with Gasteiger partial charge in [-0.25, -0.2) is 14.4 Å². The van der Waals surface area contributed by atoms with Crippen LogP contribution in [-0.4, -0.2) is 64.4 Å². The third-order valence-electron chi connectivity index (χ3n) is 9.80. The number of anilines is 2. The molecule has 0 saturated heterocycles. The fourth-order valence-corrected chi connectivity index (χ4v) is 8.32. The molecule has 0 radical (unpaired) electrons. The van der Waals surface area contributed by atoms with Crippen LogP contribution in [0.5, 0.6) is 11.5 Å². The minimum Gasteiger partial charge on any atom is -0.480 e. The van der Waals surface area contributed by atoms with Gasteiger partial charge in [-0.3, -0.25) is 14.4 Å². The van der Waals surface area contributed by atoms with Crippen LogP contribution in [0.2, 0.25) is 0 Å². The molecule has 7 rings (SSSR count). The maximum Gasteiger partial charge on any atom is 0.353 e. The Labute approximate surface area is 358 Å². The summed E-state index contributed by atoms with van der Waals surface area (Å²) in [7, 11) is 1.40. The number of hydrogen-bond acceptors (Lipinski definition) is 13. The van der Waals surface area contributed by atoms with Gasteiger partial charge in [-0.1, -0.05) is 50.2 Å².